The molecule has 0 radical (unpaired) electrons. The van der Waals surface area contributed by atoms with Gasteiger partial charge in [0.1, 0.15) is 5.82 Å². The fourth-order valence-electron chi connectivity index (χ4n) is 3.64. The molecule has 1 aromatic carbocycles. The van der Waals surface area contributed by atoms with E-state index in [1.807, 2.05) is 0 Å². The minimum absolute atomic E-state index is 0.105. The Morgan fingerprint density at radius 3 is 2.70 bits per heavy atom. The zero-order chi connectivity index (χ0) is 14.3. The average Bonchev–Trinajstić information content (AvgIpc) is 3.02. The molecular formula is C16H20BrClFN. The van der Waals surface area contributed by atoms with Gasteiger partial charge in [-0.05, 0) is 78.0 Å². The van der Waals surface area contributed by atoms with Crippen LogP contribution in [0.2, 0.25) is 5.02 Å². The molecule has 1 nitrogen and oxygen atoms in total. The van der Waals surface area contributed by atoms with Gasteiger partial charge in [-0.3, -0.25) is 0 Å². The van der Waals surface area contributed by atoms with E-state index in [9.17, 15) is 4.39 Å². The third-order valence-corrected chi connectivity index (χ3v) is 5.94. The number of benzene rings is 1. The van der Waals surface area contributed by atoms with Gasteiger partial charge in [-0.25, -0.2) is 4.39 Å². The third-order valence-electron chi connectivity index (χ3n) is 4.74. The first-order chi connectivity index (χ1) is 9.60. The average molecular weight is 361 g/mol. The van der Waals surface area contributed by atoms with E-state index in [0.717, 1.165) is 30.4 Å². The van der Waals surface area contributed by atoms with Gasteiger partial charge in [0, 0.05) is 16.1 Å². The Balaban J connectivity index is 1.86. The second-order valence-electron chi connectivity index (χ2n) is 6.21. The van der Waals surface area contributed by atoms with Crippen molar-refractivity contribution in [2.24, 2.45) is 17.8 Å². The molecule has 1 N–H and O–H groups in total. The second-order valence-corrected chi connectivity index (χ2v) is 7.47. The van der Waals surface area contributed by atoms with E-state index in [1.165, 1.54) is 25.3 Å². The highest BCUT2D eigenvalue weighted by molar-refractivity contribution is 9.10. The molecule has 4 heteroatoms. The first-order valence-electron chi connectivity index (χ1n) is 7.48. The summed E-state index contributed by atoms with van der Waals surface area (Å²) in [5.41, 5.74) is 0.734. The van der Waals surface area contributed by atoms with Crippen molar-refractivity contribution in [2.75, 3.05) is 6.54 Å². The van der Waals surface area contributed by atoms with Gasteiger partial charge in [-0.1, -0.05) is 18.5 Å². The Morgan fingerprint density at radius 1 is 1.35 bits per heavy atom. The Bertz CT molecular complexity index is 497. The number of hydrogen-bond donors (Lipinski definition) is 1. The highest BCUT2D eigenvalue weighted by Crippen LogP contribution is 2.57. The van der Waals surface area contributed by atoms with Crippen LogP contribution in [0.5, 0.6) is 0 Å². The molecule has 0 heterocycles. The number of hydrogen-bond acceptors (Lipinski definition) is 1. The van der Waals surface area contributed by atoms with Crippen LogP contribution in [-0.4, -0.2) is 6.54 Å². The largest absolute Gasteiger partial charge is 0.310 e. The van der Waals surface area contributed by atoms with Crippen molar-refractivity contribution < 1.29 is 4.39 Å². The monoisotopic (exact) mass is 359 g/mol. The molecule has 0 spiro atoms. The summed E-state index contributed by atoms with van der Waals surface area (Å²) in [6.45, 7) is 3.06. The van der Waals surface area contributed by atoms with Crippen molar-refractivity contribution in [1.82, 2.24) is 5.32 Å². The number of rotatable bonds is 5. The topological polar surface area (TPSA) is 12.0 Å². The maximum absolute atomic E-state index is 14.3. The SMILES string of the molecule is CCCNC(c1cc(Cl)c(Br)cc1F)C1CC2CC2C1. The molecule has 110 valence electrons. The summed E-state index contributed by atoms with van der Waals surface area (Å²) in [6.07, 6.45) is 4.92. The lowest BCUT2D eigenvalue weighted by Crippen LogP contribution is -2.29. The molecular weight excluding hydrogens is 341 g/mol. The van der Waals surface area contributed by atoms with Gasteiger partial charge in [-0.2, -0.15) is 0 Å². The quantitative estimate of drug-likeness (QED) is 0.700. The molecule has 0 amide bonds. The first kappa shape index (κ1) is 14.8. The van der Waals surface area contributed by atoms with Crippen molar-refractivity contribution >= 4 is 27.5 Å². The maximum Gasteiger partial charge on any atom is 0.129 e. The van der Waals surface area contributed by atoms with Gasteiger partial charge in [0.05, 0.1) is 5.02 Å². The lowest BCUT2D eigenvalue weighted by Gasteiger charge is -2.27. The van der Waals surface area contributed by atoms with Gasteiger partial charge in [0.25, 0.3) is 0 Å². The molecule has 2 aliphatic rings. The van der Waals surface area contributed by atoms with Gasteiger partial charge in [0.15, 0.2) is 0 Å². The van der Waals surface area contributed by atoms with Gasteiger partial charge < -0.3 is 5.32 Å². The third kappa shape index (κ3) is 2.90. The fraction of sp³-hybridized carbons (Fsp3) is 0.625. The highest BCUT2D eigenvalue weighted by Gasteiger charge is 2.48. The first-order valence-corrected chi connectivity index (χ1v) is 8.65. The summed E-state index contributed by atoms with van der Waals surface area (Å²) in [7, 11) is 0. The molecule has 3 unspecified atom stereocenters. The van der Waals surface area contributed by atoms with E-state index >= 15 is 0 Å². The lowest BCUT2D eigenvalue weighted by molar-refractivity contribution is 0.333. The number of fused-ring (bicyclic) bond motifs is 1. The zero-order valence-corrected chi connectivity index (χ0v) is 14.0. The van der Waals surface area contributed by atoms with Crippen LogP contribution >= 0.6 is 27.5 Å². The molecule has 0 saturated heterocycles. The Kier molecular flexibility index (Phi) is 4.40. The molecule has 3 atom stereocenters. The highest BCUT2D eigenvalue weighted by atomic mass is 79.9. The summed E-state index contributed by atoms with van der Waals surface area (Å²) in [6, 6.07) is 3.39. The van der Waals surface area contributed by atoms with E-state index < -0.39 is 0 Å². The van der Waals surface area contributed by atoms with Crippen LogP contribution in [0.15, 0.2) is 16.6 Å². The summed E-state index contributed by atoms with van der Waals surface area (Å²) < 4.78 is 15.0. The predicted molar refractivity (Wildman–Crippen MR) is 84.5 cm³/mol. The van der Waals surface area contributed by atoms with E-state index in [4.69, 9.17) is 11.6 Å². The van der Waals surface area contributed by atoms with E-state index in [1.54, 1.807) is 6.07 Å². The molecule has 3 rings (SSSR count). The summed E-state index contributed by atoms with van der Waals surface area (Å²) >= 11 is 9.46. The van der Waals surface area contributed by atoms with E-state index in [-0.39, 0.29) is 11.9 Å². The second kappa shape index (κ2) is 5.94. The Labute approximate surface area is 133 Å². The van der Waals surface area contributed by atoms with Crippen molar-refractivity contribution in [1.29, 1.82) is 0 Å². The zero-order valence-electron chi connectivity index (χ0n) is 11.6. The summed E-state index contributed by atoms with van der Waals surface area (Å²) in [5, 5.41) is 4.13. The Hall–Kier alpha value is -0.120. The van der Waals surface area contributed by atoms with E-state index in [0.29, 0.717) is 15.4 Å². The lowest BCUT2D eigenvalue weighted by atomic mass is 9.88. The molecule has 2 fully saturated rings. The van der Waals surface area contributed by atoms with Crippen LogP contribution < -0.4 is 5.32 Å². The van der Waals surface area contributed by atoms with Crippen LogP contribution in [0, 0.1) is 23.6 Å². The van der Waals surface area contributed by atoms with Crippen LogP contribution in [0.1, 0.15) is 44.2 Å². The molecule has 1 aromatic rings. The molecule has 2 saturated carbocycles. The predicted octanol–water partition coefficient (Wildman–Crippen LogP) is 5.33. The Morgan fingerprint density at radius 2 is 2.05 bits per heavy atom. The van der Waals surface area contributed by atoms with Gasteiger partial charge >= 0.3 is 0 Å². The molecule has 2 aliphatic carbocycles. The smallest absolute Gasteiger partial charge is 0.129 e. The number of nitrogens with one attached hydrogen (secondary N) is 1. The standard InChI is InChI=1S/C16H20BrClFN/c1-2-3-20-16(11-5-9-4-10(9)6-11)12-7-14(18)13(17)8-15(12)19/h7-11,16,20H,2-6H2,1H3. The van der Waals surface area contributed by atoms with Crippen LogP contribution in [-0.2, 0) is 0 Å². The maximum atomic E-state index is 14.3. The van der Waals surface area contributed by atoms with Crippen molar-refractivity contribution in [3.8, 4) is 0 Å². The van der Waals surface area contributed by atoms with Crippen molar-refractivity contribution in [3.63, 3.8) is 0 Å². The molecule has 0 aliphatic heterocycles. The van der Waals surface area contributed by atoms with Crippen molar-refractivity contribution in [3.05, 3.63) is 33.0 Å². The van der Waals surface area contributed by atoms with E-state index in [2.05, 4.69) is 28.2 Å². The molecule has 20 heavy (non-hydrogen) atoms. The van der Waals surface area contributed by atoms with Crippen LogP contribution in [0.3, 0.4) is 0 Å². The van der Waals surface area contributed by atoms with Crippen LogP contribution in [0.4, 0.5) is 4.39 Å². The summed E-state index contributed by atoms with van der Waals surface area (Å²) in [4.78, 5) is 0. The minimum atomic E-state index is -0.157. The van der Waals surface area contributed by atoms with Crippen molar-refractivity contribution in [2.45, 2.75) is 38.6 Å². The molecule has 0 aromatic heterocycles. The summed E-state index contributed by atoms with van der Waals surface area (Å²) in [5.74, 6) is 2.20. The fourth-order valence-corrected chi connectivity index (χ4v) is 4.13. The van der Waals surface area contributed by atoms with Gasteiger partial charge in [-0.15, -0.1) is 0 Å². The normalized spacial score (nSPS) is 29.3. The number of halogens is 3. The minimum Gasteiger partial charge on any atom is -0.310 e. The molecule has 0 bridgehead atoms. The van der Waals surface area contributed by atoms with Crippen LogP contribution in [0.25, 0.3) is 0 Å². The van der Waals surface area contributed by atoms with Gasteiger partial charge in [0.2, 0.25) is 0 Å².